The number of nitrogen functional groups attached to an aromatic ring is 1. The fourth-order valence-corrected chi connectivity index (χ4v) is 1.53. The standard InChI is InChI=1S/C7H11N5O5/c8-6-9-1-12(7(15)10-6)5-3(14)2(13)4(11-16)17-5/h1-5,11,13-14,16H,(H2,8,10,15)/t2-,3+,4-,5+/m0/s1. The Balaban J connectivity index is 2.32. The van der Waals surface area contributed by atoms with Crippen molar-refractivity contribution in [1.82, 2.24) is 20.0 Å². The van der Waals surface area contributed by atoms with Crippen LogP contribution in [0.15, 0.2) is 11.1 Å². The number of anilines is 1. The first-order chi connectivity index (χ1) is 8.04. The lowest BCUT2D eigenvalue weighted by atomic mass is 10.2. The molecule has 1 fully saturated rings. The van der Waals surface area contributed by atoms with Crippen LogP contribution in [0.4, 0.5) is 5.95 Å². The molecule has 0 aliphatic carbocycles. The van der Waals surface area contributed by atoms with Gasteiger partial charge in [0, 0.05) is 0 Å². The lowest BCUT2D eigenvalue weighted by molar-refractivity contribution is -0.0976. The fraction of sp³-hybridized carbons (Fsp3) is 0.571. The van der Waals surface area contributed by atoms with Crippen molar-refractivity contribution in [3.05, 3.63) is 16.8 Å². The number of aliphatic hydroxyl groups is 2. The Hall–Kier alpha value is -1.59. The van der Waals surface area contributed by atoms with Crippen LogP contribution in [-0.4, -0.2) is 48.4 Å². The van der Waals surface area contributed by atoms with E-state index < -0.39 is 30.4 Å². The number of ether oxygens (including phenoxy) is 1. The smallest absolute Gasteiger partial charge is 0.354 e. The highest BCUT2D eigenvalue weighted by atomic mass is 16.6. The zero-order chi connectivity index (χ0) is 12.6. The van der Waals surface area contributed by atoms with Gasteiger partial charge < -0.3 is 25.9 Å². The van der Waals surface area contributed by atoms with Gasteiger partial charge in [0.1, 0.15) is 18.5 Å². The summed E-state index contributed by atoms with van der Waals surface area (Å²) >= 11 is 0. The zero-order valence-corrected chi connectivity index (χ0v) is 8.46. The maximum Gasteiger partial charge on any atom is 0.354 e. The molecule has 94 valence electrons. The number of aromatic nitrogens is 3. The zero-order valence-electron chi connectivity index (χ0n) is 8.46. The monoisotopic (exact) mass is 245 g/mol. The highest BCUT2D eigenvalue weighted by molar-refractivity contribution is 5.10. The fourth-order valence-electron chi connectivity index (χ4n) is 1.53. The molecule has 1 aliphatic rings. The largest absolute Gasteiger partial charge is 0.386 e. The molecular weight excluding hydrogens is 234 g/mol. The molecule has 0 aromatic carbocycles. The number of aliphatic hydroxyl groups excluding tert-OH is 2. The number of hydrogen-bond acceptors (Lipinski definition) is 9. The van der Waals surface area contributed by atoms with Gasteiger partial charge in [-0.2, -0.15) is 10.5 Å². The summed E-state index contributed by atoms with van der Waals surface area (Å²) in [6.45, 7) is 0. The topological polar surface area (TPSA) is 156 Å². The lowest BCUT2D eigenvalue weighted by Crippen LogP contribution is -2.39. The third-order valence-corrected chi connectivity index (χ3v) is 2.39. The van der Waals surface area contributed by atoms with E-state index in [-0.39, 0.29) is 5.95 Å². The Kier molecular flexibility index (Phi) is 3.04. The molecule has 17 heavy (non-hydrogen) atoms. The van der Waals surface area contributed by atoms with Crippen LogP contribution in [0.5, 0.6) is 0 Å². The van der Waals surface area contributed by atoms with Gasteiger partial charge in [-0.05, 0) is 0 Å². The molecule has 1 saturated heterocycles. The van der Waals surface area contributed by atoms with Crippen molar-refractivity contribution < 1.29 is 20.2 Å². The van der Waals surface area contributed by atoms with Crippen molar-refractivity contribution in [3.63, 3.8) is 0 Å². The molecule has 0 amide bonds. The third-order valence-electron chi connectivity index (χ3n) is 2.39. The van der Waals surface area contributed by atoms with Crippen LogP contribution in [0.2, 0.25) is 0 Å². The second-order valence-corrected chi connectivity index (χ2v) is 3.46. The van der Waals surface area contributed by atoms with Crippen molar-refractivity contribution in [1.29, 1.82) is 0 Å². The van der Waals surface area contributed by atoms with E-state index in [2.05, 4.69) is 9.97 Å². The molecule has 4 atom stereocenters. The van der Waals surface area contributed by atoms with Gasteiger partial charge in [-0.25, -0.2) is 9.78 Å². The van der Waals surface area contributed by atoms with E-state index in [1.54, 1.807) is 5.48 Å². The van der Waals surface area contributed by atoms with Gasteiger partial charge in [0.2, 0.25) is 5.95 Å². The average molecular weight is 245 g/mol. The molecular formula is C7H11N5O5. The minimum atomic E-state index is -1.41. The van der Waals surface area contributed by atoms with Crippen LogP contribution >= 0.6 is 0 Å². The summed E-state index contributed by atoms with van der Waals surface area (Å²) in [5.74, 6) is -0.212. The van der Waals surface area contributed by atoms with E-state index >= 15 is 0 Å². The molecule has 1 aliphatic heterocycles. The number of hydrogen-bond donors (Lipinski definition) is 5. The number of rotatable bonds is 2. The van der Waals surface area contributed by atoms with Gasteiger partial charge in [-0.1, -0.05) is 0 Å². The van der Waals surface area contributed by atoms with Crippen molar-refractivity contribution >= 4 is 5.95 Å². The average Bonchev–Trinajstić information content (AvgIpc) is 2.57. The van der Waals surface area contributed by atoms with Gasteiger partial charge in [0.15, 0.2) is 12.5 Å². The molecule has 2 heterocycles. The highest BCUT2D eigenvalue weighted by Gasteiger charge is 2.44. The van der Waals surface area contributed by atoms with E-state index in [9.17, 15) is 15.0 Å². The molecule has 10 heteroatoms. The Morgan fingerprint density at radius 1 is 1.47 bits per heavy atom. The van der Waals surface area contributed by atoms with Gasteiger partial charge in [-0.3, -0.25) is 4.57 Å². The summed E-state index contributed by atoms with van der Waals surface area (Å²) in [5.41, 5.74) is 6.08. The predicted molar refractivity (Wildman–Crippen MR) is 51.6 cm³/mol. The Bertz CT molecular complexity index is 464. The summed E-state index contributed by atoms with van der Waals surface area (Å²) in [5, 5.41) is 27.7. The van der Waals surface area contributed by atoms with Gasteiger partial charge in [0.05, 0.1) is 0 Å². The lowest BCUT2D eigenvalue weighted by Gasteiger charge is -2.15. The number of nitrogens with two attached hydrogens (primary N) is 1. The van der Waals surface area contributed by atoms with Crippen LogP contribution < -0.4 is 16.9 Å². The molecule has 0 bridgehead atoms. The van der Waals surface area contributed by atoms with E-state index in [0.29, 0.717) is 0 Å². The normalized spacial score (nSPS) is 32.9. The number of nitrogens with one attached hydrogen (secondary N) is 1. The molecule has 0 radical (unpaired) electrons. The second kappa shape index (κ2) is 4.35. The molecule has 0 spiro atoms. The summed E-state index contributed by atoms with van der Waals surface area (Å²) in [7, 11) is 0. The quantitative estimate of drug-likeness (QED) is 0.338. The Labute approximate surface area is 94.3 Å². The van der Waals surface area contributed by atoms with E-state index in [0.717, 1.165) is 10.9 Å². The van der Waals surface area contributed by atoms with Gasteiger partial charge in [0.25, 0.3) is 0 Å². The van der Waals surface area contributed by atoms with Gasteiger partial charge >= 0.3 is 5.69 Å². The SMILES string of the molecule is Nc1ncn([C@@H]2O[C@H](NO)[C@@H](O)[C@H]2O)c(=O)n1. The van der Waals surface area contributed by atoms with Crippen LogP contribution in [0.25, 0.3) is 0 Å². The Morgan fingerprint density at radius 3 is 2.71 bits per heavy atom. The van der Waals surface area contributed by atoms with Crippen LogP contribution in [0, 0.1) is 0 Å². The van der Waals surface area contributed by atoms with Crippen LogP contribution in [0.3, 0.4) is 0 Å². The molecule has 10 nitrogen and oxygen atoms in total. The maximum absolute atomic E-state index is 11.5. The predicted octanol–water partition coefficient (Wildman–Crippen LogP) is -3.22. The second-order valence-electron chi connectivity index (χ2n) is 3.46. The number of nitrogens with zero attached hydrogens (tertiary/aromatic N) is 3. The molecule has 0 unspecified atom stereocenters. The Morgan fingerprint density at radius 2 is 2.18 bits per heavy atom. The van der Waals surface area contributed by atoms with E-state index in [1.807, 2.05) is 0 Å². The highest BCUT2D eigenvalue weighted by Crippen LogP contribution is 2.26. The molecule has 2 rings (SSSR count). The minimum Gasteiger partial charge on any atom is -0.386 e. The van der Waals surface area contributed by atoms with Crippen LogP contribution in [0.1, 0.15) is 6.23 Å². The summed E-state index contributed by atoms with van der Waals surface area (Å²) in [6.07, 6.45) is -4.19. The van der Waals surface area contributed by atoms with Crippen molar-refractivity contribution in [2.45, 2.75) is 24.7 Å². The maximum atomic E-state index is 11.5. The third kappa shape index (κ3) is 1.99. The van der Waals surface area contributed by atoms with Crippen molar-refractivity contribution in [2.24, 2.45) is 0 Å². The van der Waals surface area contributed by atoms with E-state index in [4.69, 9.17) is 15.7 Å². The van der Waals surface area contributed by atoms with Crippen molar-refractivity contribution in [2.75, 3.05) is 5.73 Å². The van der Waals surface area contributed by atoms with E-state index in [1.165, 1.54) is 0 Å². The summed E-state index contributed by atoms with van der Waals surface area (Å²) in [4.78, 5) is 18.4. The van der Waals surface area contributed by atoms with Crippen molar-refractivity contribution in [3.8, 4) is 0 Å². The molecule has 1 aromatic heterocycles. The molecule has 1 aromatic rings. The first-order valence-electron chi connectivity index (χ1n) is 4.66. The summed E-state index contributed by atoms with van der Waals surface area (Å²) < 4.78 is 5.89. The molecule has 0 saturated carbocycles. The first-order valence-corrected chi connectivity index (χ1v) is 4.66. The van der Waals surface area contributed by atoms with Crippen LogP contribution in [-0.2, 0) is 4.74 Å². The van der Waals surface area contributed by atoms with Gasteiger partial charge in [-0.15, -0.1) is 0 Å². The molecule has 6 N–H and O–H groups in total. The minimum absolute atomic E-state index is 0.212. The number of hydroxylamine groups is 1. The summed E-state index contributed by atoms with van der Waals surface area (Å²) in [6, 6.07) is 0. The first kappa shape index (κ1) is 11.9.